The van der Waals surface area contributed by atoms with Crippen molar-refractivity contribution < 1.29 is 9.59 Å². The SMILES string of the molecule is NCC(=O)NC(CS)C(=O)NCCS. The molecule has 0 aromatic heterocycles. The number of hydrogen-bond acceptors (Lipinski definition) is 5. The third-order valence-electron chi connectivity index (χ3n) is 1.43. The average molecular weight is 237 g/mol. The molecule has 0 rings (SSSR count). The maximum atomic E-state index is 11.3. The highest BCUT2D eigenvalue weighted by Crippen LogP contribution is 1.88. The number of hydrogen-bond donors (Lipinski definition) is 5. The van der Waals surface area contributed by atoms with Crippen molar-refractivity contribution in [3.8, 4) is 0 Å². The van der Waals surface area contributed by atoms with E-state index in [1.54, 1.807) is 0 Å². The molecule has 2 amide bonds. The summed E-state index contributed by atoms with van der Waals surface area (Å²) in [5.74, 6) is 0.154. The molecular formula is C7H15N3O2S2. The van der Waals surface area contributed by atoms with Crippen LogP contribution in [-0.4, -0.2) is 42.5 Å². The lowest BCUT2D eigenvalue weighted by Gasteiger charge is -2.15. The topological polar surface area (TPSA) is 84.2 Å². The van der Waals surface area contributed by atoms with Crippen LogP contribution < -0.4 is 16.4 Å². The Morgan fingerprint density at radius 2 is 2.00 bits per heavy atom. The van der Waals surface area contributed by atoms with Crippen LogP contribution in [0.3, 0.4) is 0 Å². The van der Waals surface area contributed by atoms with Gasteiger partial charge in [0, 0.05) is 18.1 Å². The highest BCUT2D eigenvalue weighted by atomic mass is 32.1. The summed E-state index contributed by atoms with van der Waals surface area (Å²) in [6.07, 6.45) is 0. The molecule has 0 radical (unpaired) electrons. The van der Waals surface area contributed by atoms with Gasteiger partial charge >= 0.3 is 0 Å². The first-order valence-electron chi connectivity index (χ1n) is 4.14. The van der Waals surface area contributed by atoms with Crippen molar-refractivity contribution >= 4 is 37.1 Å². The zero-order valence-electron chi connectivity index (χ0n) is 7.69. The fraction of sp³-hybridized carbons (Fsp3) is 0.714. The van der Waals surface area contributed by atoms with E-state index in [1.165, 1.54) is 0 Å². The van der Waals surface area contributed by atoms with E-state index >= 15 is 0 Å². The normalized spacial score (nSPS) is 11.9. The summed E-state index contributed by atoms with van der Waals surface area (Å²) in [7, 11) is 0. The fourth-order valence-corrected chi connectivity index (χ4v) is 1.12. The number of nitrogens with two attached hydrogens (primary N) is 1. The molecule has 0 aliphatic rings. The van der Waals surface area contributed by atoms with Crippen molar-refractivity contribution in [2.45, 2.75) is 6.04 Å². The van der Waals surface area contributed by atoms with Crippen LogP contribution in [0.1, 0.15) is 0 Å². The van der Waals surface area contributed by atoms with Crippen LogP contribution in [0.2, 0.25) is 0 Å². The summed E-state index contributed by atoms with van der Waals surface area (Å²) >= 11 is 7.90. The Morgan fingerprint density at radius 3 is 2.43 bits per heavy atom. The predicted molar refractivity (Wildman–Crippen MR) is 61.7 cm³/mol. The van der Waals surface area contributed by atoms with Gasteiger partial charge in [0.25, 0.3) is 0 Å². The van der Waals surface area contributed by atoms with Crippen LogP contribution in [0.25, 0.3) is 0 Å². The largest absolute Gasteiger partial charge is 0.353 e. The molecule has 0 spiro atoms. The van der Waals surface area contributed by atoms with Gasteiger partial charge in [-0.05, 0) is 0 Å². The van der Waals surface area contributed by atoms with Crippen LogP contribution >= 0.6 is 25.3 Å². The lowest BCUT2D eigenvalue weighted by Crippen LogP contribution is -2.49. The molecule has 0 aliphatic heterocycles. The summed E-state index contributed by atoms with van der Waals surface area (Å²) in [6, 6.07) is -0.630. The summed E-state index contributed by atoms with van der Waals surface area (Å²) in [5, 5.41) is 5.04. The molecule has 1 atom stereocenters. The van der Waals surface area contributed by atoms with Crippen molar-refractivity contribution in [2.24, 2.45) is 5.73 Å². The number of amides is 2. The first kappa shape index (κ1) is 13.6. The molecule has 4 N–H and O–H groups in total. The molecule has 0 aromatic carbocycles. The minimum atomic E-state index is -0.630. The summed E-state index contributed by atoms with van der Waals surface area (Å²) in [6.45, 7) is 0.328. The third kappa shape index (κ3) is 5.36. The Hall–Kier alpha value is -0.400. The molecule has 14 heavy (non-hydrogen) atoms. The molecule has 0 saturated carbocycles. The lowest BCUT2D eigenvalue weighted by molar-refractivity contribution is -0.127. The van der Waals surface area contributed by atoms with Crippen LogP contribution in [-0.2, 0) is 9.59 Å². The van der Waals surface area contributed by atoms with E-state index < -0.39 is 6.04 Å². The minimum absolute atomic E-state index is 0.135. The van der Waals surface area contributed by atoms with Gasteiger partial charge in [0.1, 0.15) is 6.04 Å². The Morgan fingerprint density at radius 1 is 1.36 bits per heavy atom. The number of rotatable bonds is 6. The van der Waals surface area contributed by atoms with E-state index in [4.69, 9.17) is 5.73 Å². The molecule has 1 unspecified atom stereocenters. The summed E-state index contributed by atoms with van der Waals surface area (Å²) in [5.41, 5.74) is 5.09. The molecule has 0 saturated heterocycles. The van der Waals surface area contributed by atoms with Gasteiger partial charge in [-0.25, -0.2) is 0 Å². The molecule has 82 valence electrons. The molecule has 0 bridgehead atoms. The van der Waals surface area contributed by atoms with E-state index in [0.717, 1.165) is 0 Å². The fourth-order valence-electron chi connectivity index (χ4n) is 0.750. The van der Waals surface area contributed by atoms with Gasteiger partial charge in [-0.1, -0.05) is 0 Å². The number of carbonyl (C=O) groups excluding carboxylic acids is 2. The quantitative estimate of drug-likeness (QED) is 0.361. The standard InChI is InChI=1S/C7H15N3O2S2/c8-3-6(11)10-5(4-14)7(12)9-1-2-13/h5,13-14H,1-4,8H2,(H,9,12)(H,10,11). The molecular weight excluding hydrogens is 222 g/mol. The van der Waals surface area contributed by atoms with Crippen molar-refractivity contribution in [1.29, 1.82) is 0 Å². The van der Waals surface area contributed by atoms with Gasteiger partial charge in [-0.2, -0.15) is 25.3 Å². The lowest BCUT2D eigenvalue weighted by atomic mass is 10.3. The monoisotopic (exact) mass is 237 g/mol. The second kappa shape index (κ2) is 7.95. The number of carbonyl (C=O) groups is 2. The van der Waals surface area contributed by atoms with E-state index in [2.05, 4.69) is 35.9 Å². The van der Waals surface area contributed by atoms with Crippen molar-refractivity contribution in [3.63, 3.8) is 0 Å². The van der Waals surface area contributed by atoms with Crippen LogP contribution in [0.4, 0.5) is 0 Å². The smallest absolute Gasteiger partial charge is 0.243 e. The Balaban J connectivity index is 3.98. The van der Waals surface area contributed by atoms with E-state index in [0.29, 0.717) is 12.3 Å². The van der Waals surface area contributed by atoms with Crippen molar-refractivity contribution in [3.05, 3.63) is 0 Å². The first-order valence-corrected chi connectivity index (χ1v) is 5.41. The number of nitrogens with one attached hydrogen (secondary N) is 2. The molecule has 0 fully saturated rings. The van der Waals surface area contributed by atoms with Crippen LogP contribution in [0.5, 0.6) is 0 Å². The maximum absolute atomic E-state index is 11.3. The highest BCUT2D eigenvalue weighted by molar-refractivity contribution is 7.80. The molecule has 0 heterocycles. The Bertz CT molecular complexity index is 201. The molecule has 0 aromatic rings. The minimum Gasteiger partial charge on any atom is -0.353 e. The van der Waals surface area contributed by atoms with Gasteiger partial charge in [0.2, 0.25) is 11.8 Å². The highest BCUT2D eigenvalue weighted by Gasteiger charge is 2.17. The number of thiol groups is 2. The maximum Gasteiger partial charge on any atom is 0.243 e. The van der Waals surface area contributed by atoms with Crippen molar-refractivity contribution in [1.82, 2.24) is 10.6 Å². The van der Waals surface area contributed by atoms with E-state index in [-0.39, 0.29) is 24.1 Å². The van der Waals surface area contributed by atoms with Crippen LogP contribution in [0.15, 0.2) is 0 Å². The van der Waals surface area contributed by atoms with Gasteiger partial charge in [-0.15, -0.1) is 0 Å². The Kier molecular flexibility index (Phi) is 7.73. The van der Waals surface area contributed by atoms with E-state index in [1.807, 2.05) is 0 Å². The Labute approximate surface area is 94.0 Å². The predicted octanol–water partition coefficient (Wildman–Crippen LogP) is -1.59. The second-order valence-electron chi connectivity index (χ2n) is 2.52. The zero-order chi connectivity index (χ0) is 11.0. The third-order valence-corrected chi connectivity index (χ3v) is 2.02. The van der Waals surface area contributed by atoms with E-state index in [9.17, 15) is 9.59 Å². The second-order valence-corrected chi connectivity index (χ2v) is 3.33. The van der Waals surface area contributed by atoms with Gasteiger partial charge in [0.15, 0.2) is 0 Å². The zero-order valence-corrected chi connectivity index (χ0v) is 9.48. The van der Waals surface area contributed by atoms with Gasteiger partial charge in [0.05, 0.1) is 6.54 Å². The van der Waals surface area contributed by atoms with Gasteiger partial charge < -0.3 is 16.4 Å². The summed E-state index contributed by atoms with van der Waals surface area (Å²) < 4.78 is 0. The average Bonchev–Trinajstić information content (AvgIpc) is 2.21. The summed E-state index contributed by atoms with van der Waals surface area (Å²) in [4.78, 5) is 22.2. The molecule has 0 aliphatic carbocycles. The van der Waals surface area contributed by atoms with Gasteiger partial charge in [-0.3, -0.25) is 9.59 Å². The van der Waals surface area contributed by atoms with Crippen LogP contribution in [0, 0.1) is 0 Å². The van der Waals surface area contributed by atoms with Crippen molar-refractivity contribution in [2.75, 3.05) is 24.6 Å². The molecule has 5 nitrogen and oxygen atoms in total. The first-order chi connectivity index (χ1) is 6.65. The molecule has 7 heteroatoms.